The van der Waals surface area contributed by atoms with Gasteiger partial charge in [0.1, 0.15) is 0 Å². The number of epoxide rings is 1. The summed E-state index contributed by atoms with van der Waals surface area (Å²) in [5.41, 5.74) is 1.01. The average Bonchev–Trinajstić information content (AvgIpc) is 3.40. The van der Waals surface area contributed by atoms with E-state index in [1.807, 2.05) is 0 Å². The van der Waals surface area contributed by atoms with Crippen LogP contribution in [0.3, 0.4) is 0 Å². The van der Waals surface area contributed by atoms with Gasteiger partial charge in [0.15, 0.2) is 0 Å². The van der Waals surface area contributed by atoms with E-state index in [1.165, 1.54) is 70.6 Å². The molecule has 0 bridgehead atoms. The zero-order valence-corrected chi connectivity index (χ0v) is 15.9. The standard InChI is InChI=1S/C22H38O2/c1-21-11-9-16(13-18(21)15-21)5-3-7-19(23)8-4-6-17-10-12-22(2)20(14-17)24-22/h16-20,23H,3-15H2,1-2H3. The highest BCUT2D eigenvalue weighted by Gasteiger charge is 2.55. The third-order valence-corrected chi connectivity index (χ3v) is 8.21. The summed E-state index contributed by atoms with van der Waals surface area (Å²) in [5.74, 6) is 2.87. The third-order valence-electron chi connectivity index (χ3n) is 8.21. The Bertz CT molecular complexity index is 409. The minimum absolute atomic E-state index is 0.0502. The van der Waals surface area contributed by atoms with Crippen molar-refractivity contribution in [2.24, 2.45) is 23.2 Å². The van der Waals surface area contributed by atoms with Gasteiger partial charge in [-0.05, 0) is 87.9 Å². The summed E-state index contributed by atoms with van der Waals surface area (Å²) in [5, 5.41) is 10.3. The van der Waals surface area contributed by atoms with Crippen molar-refractivity contribution in [1.29, 1.82) is 0 Å². The second-order valence-electron chi connectivity index (χ2n) is 10.3. The van der Waals surface area contributed by atoms with Crippen molar-refractivity contribution in [3.8, 4) is 0 Å². The normalized spacial score (nSPS) is 47.6. The summed E-state index contributed by atoms with van der Waals surface area (Å²) in [6.45, 7) is 4.76. The maximum atomic E-state index is 10.3. The average molecular weight is 335 g/mol. The number of aliphatic hydroxyl groups is 1. The molecule has 7 unspecified atom stereocenters. The molecule has 4 aliphatic rings. The smallest absolute Gasteiger partial charge is 0.0920 e. The molecule has 0 amide bonds. The lowest BCUT2D eigenvalue weighted by atomic mass is 9.80. The van der Waals surface area contributed by atoms with E-state index in [-0.39, 0.29) is 11.7 Å². The highest BCUT2D eigenvalue weighted by Crippen LogP contribution is 2.62. The van der Waals surface area contributed by atoms with Crippen LogP contribution >= 0.6 is 0 Å². The van der Waals surface area contributed by atoms with Gasteiger partial charge in [-0.2, -0.15) is 0 Å². The quantitative estimate of drug-likeness (QED) is 0.597. The first-order valence-corrected chi connectivity index (χ1v) is 10.8. The zero-order valence-electron chi connectivity index (χ0n) is 15.9. The molecule has 24 heavy (non-hydrogen) atoms. The molecule has 4 rings (SSSR count). The molecule has 0 aromatic heterocycles. The molecule has 0 aromatic rings. The predicted octanol–water partition coefficient (Wildman–Crippen LogP) is 5.47. The predicted molar refractivity (Wildman–Crippen MR) is 97.9 cm³/mol. The molecule has 7 atom stereocenters. The van der Waals surface area contributed by atoms with Gasteiger partial charge in [0, 0.05) is 0 Å². The summed E-state index contributed by atoms with van der Waals surface area (Å²) < 4.78 is 5.80. The summed E-state index contributed by atoms with van der Waals surface area (Å²) in [6.07, 6.45) is 17.4. The van der Waals surface area contributed by atoms with E-state index >= 15 is 0 Å². The maximum absolute atomic E-state index is 10.3. The Balaban J connectivity index is 1.04. The second kappa shape index (κ2) is 6.58. The van der Waals surface area contributed by atoms with E-state index in [0.29, 0.717) is 6.10 Å². The summed E-state index contributed by atoms with van der Waals surface area (Å²) in [7, 11) is 0. The molecule has 138 valence electrons. The van der Waals surface area contributed by atoms with Crippen molar-refractivity contribution in [3.63, 3.8) is 0 Å². The molecule has 1 aliphatic heterocycles. The van der Waals surface area contributed by atoms with Crippen molar-refractivity contribution in [1.82, 2.24) is 0 Å². The lowest BCUT2D eigenvalue weighted by molar-refractivity contribution is 0.139. The van der Waals surface area contributed by atoms with E-state index in [2.05, 4.69) is 13.8 Å². The number of hydrogen-bond acceptors (Lipinski definition) is 2. The highest BCUT2D eigenvalue weighted by molar-refractivity contribution is 5.03. The second-order valence-corrected chi connectivity index (χ2v) is 10.3. The van der Waals surface area contributed by atoms with Crippen LogP contribution < -0.4 is 0 Å². The van der Waals surface area contributed by atoms with Crippen LogP contribution in [-0.2, 0) is 4.74 Å². The van der Waals surface area contributed by atoms with Gasteiger partial charge in [0.25, 0.3) is 0 Å². The number of fused-ring (bicyclic) bond motifs is 2. The first-order valence-electron chi connectivity index (χ1n) is 10.8. The lowest BCUT2D eigenvalue weighted by Crippen LogP contribution is -2.21. The van der Waals surface area contributed by atoms with E-state index in [4.69, 9.17) is 4.74 Å². The largest absolute Gasteiger partial charge is 0.393 e. The Morgan fingerprint density at radius 2 is 1.67 bits per heavy atom. The summed E-state index contributed by atoms with van der Waals surface area (Å²) in [4.78, 5) is 0. The molecule has 3 aliphatic carbocycles. The van der Waals surface area contributed by atoms with Crippen molar-refractivity contribution in [3.05, 3.63) is 0 Å². The lowest BCUT2D eigenvalue weighted by Gasteiger charge is -2.26. The van der Waals surface area contributed by atoms with Crippen molar-refractivity contribution >= 4 is 0 Å². The first kappa shape index (κ1) is 17.3. The van der Waals surface area contributed by atoms with Crippen molar-refractivity contribution in [2.75, 3.05) is 0 Å². The molecule has 0 spiro atoms. The fourth-order valence-corrected chi connectivity index (χ4v) is 5.90. The number of aliphatic hydroxyl groups excluding tert-OH is 1. The van der Waals surface area contributed by atoms with Gasteiger partial charge in [0.2, 0.25) is 0 Å². The molecule has 3 saturated carbocycles. The van der Waals surface area contributed by atoms with Crippen LogP contribution in [0.2, 0.25) is 0 Å². The van der Waals surface area contributed by atoms with Crippen LogP contribution in [0.1, 0.15) is 97.3 Å². The molecule has 2 nitrogen and oxygen atoms in total. The Morgan fingerprint density at radius 1 is 1.00 bits per heavy atom. The fourth-order valence-electron chi connectivity index (χ4n) is 5.90. The molecule has 1 N–H and O–H groups in total. The van der Waals surface area contributed by atoms with Gasteiger partial charge >= 0.3 is 0 Å². The summed E-state index contributed by atoms with van der Waals surface area (Å²) in [6, 6.07) is 0. The fraction of sp³-hybridized carbons (Fsp3) is 1.00. The molecule has 0 radical (unpaired) electrons. The molecule has 1 saturated heterocycles. The van der Waals surface area contributed by atoms with Gasteiger partial charge in [-0.3, -0.25) is 0 Å². The SMILES string of the molecule is CC12CCC(CCCC(O)CCCC3CCC4(C)OC4C3)CC1C2. The van der Waals surface area contributed by atoms with Gasteiger partial charge in [-0.1, -0.05) is 32.6 Å². The van der Waals surface area contributed by atoms with Crippen LogP contribution in [0.5, 0.6) is 0 Å². The topological polar surface area (TPSA) is 32.8 Å². The highest BCUT2D eigenvalue weighted by atomic mass is 16.6. The van der Waals surface area contributed by atoms with Crippen LogP contribution in [0.4, 0.5) is 0 Å². The van der Waals surface area contributed by atoms with E-state index < -0.39 is 0 Å². The third kappa shape index (κ3) is 3.85. The van der Waals surface area contributed by atoms with Crippen LogP contribution in [0.15, 0.2) is 0 Å². The molecular formula is C22H38O2. The van der Waals surface area contributed by atoms with Crippen LogP contribution in [-0.4, -0.2) is 22.9 Å². The molecular weight excluding hydrogens is 296 g/mol. The number of rotatable bonds is 8. The Kier molecular flexibility index (Phi) is 4.75. The Morgan fingerprint density at radius 3 is 2.33 bits per heavy atom. The Hall–Kier alpha value is -0.0800. The summed E-state index contributed by atoms with van der Waals surface area (Å²) >= 11 is 0. The van der Waals surface area contributed by atoms with E-state index in [9.17, 15) is 5.11 Å². The van der Waals surface area contributed by atoms with Gasteiger partial charge in [-0.15, -0.1) is 0 Å². The van der Waals surface area contributed by atoms with Crippen LogP contribution in [0.25, 0.3) is 0 Å². The van der Waals surface area contributed by atoms with E-state index in [1.54, 1.807) is 0 Å². The monoisotopic (exact) mass is 334 g/mol. The minimum Gasteiger partial charge on any atom is -0.393 e. The zero-order chi connectivity index (χ0) is 16.8. The van der Waals surface area contributed by atoms with E-state index in [0.717, 1.165) is 36.0 Å². The maximum Gasteiger partial charge on any atom is 0.0920 e. The van der Waals surface area contributed by atoms with Crippen LogP contribution in [0, 0.1) is 23.2 Å². The van der Waals surface area contributed by atoms with Crippen molar-refractivity contribution in [2.45, 2.75) is 115 Å². The molecule has 0 aromatic carbocycles. The molecule has 4 fully saturated rings. The van der Waals surface area contributed by atoms with Gasteiger partial charge in [-0.25, -0.2) is 0 Å². The van der Waals surface area contributed by atoms with Crippen molar-refractivity contribution < 1.29 is 9.84 Å². The Labute approximate surface area is 148 Å². The first-order chi connectivity index (χ1) is 11.5. The van der Waals surface area contributed by atoms with Gasteiger partial charge in [0.05, 0.1) is 17.8 Å². The number of ether oxygens (including phenoxy) is 1. The van der Waals surface area contributed by atoms with Gasteiger partial charge < -0.3 is 9.84 Å². The minimum atomic E-state index is -0.0502. The molecule has 1 heterocycles. The number of hydrogen-bond donors (Lipinski definition) is 1. The molecule has 2 heteroatoms.